The normalized spacial score (nSPS) is 12.2. The molecule has 7 nitrogen and oxygen atoms in total. The largest absolute Gasteiger partial charge is 0.497 e. The molecule has 0 spiro atoms. The van der Waals surface area contributed by atoms with Gasteiger partial charge in [0.05, 0.1) is 17.7 Å². The van der Waals surface area contributed by atoms with Gasteiger partial charge in [0.25, 0.3) is 10.0 Å². The molecule has 1 aliphatic rings. The van der Waals surface area contributed by atoms with Gasteiger partial charge in [-0.2, -0.15) is 0 Å². The van der Waals surface area contributed by atoms with Gasteiger partial charge in [0.1, 0.15) is 17.1 Å². The van der Waals surface area contributed by atoms with Gasteiger partial charge in [-0.15, -0.1) is 0 Å². The Kier molecular flexibility index (Phi) is 3.89. The highest BCUT2D eigenvalue weighted by atomic mass is 32.2. The molecule has 2 aromatic carbocycles. The minimum atomic E-state index is -3.77. The smallest absolute Gasteiger partial charge is 0.261 e. The number of pyridine rings is 1. The van der Waals surface area contributed by atoms with Crippen LogP contribution in [0.25, 0.3) is 0 Å². The molecule has 2 N–H and O–H groups in total. The van der Waals surface area contributed by atoms with Crippen LogP contribution in [0.4, 0.5) is 17.1 Å². The van der Waals surface area contributed by atoms with Crippen molar-refractivity contribution in [2.45, 2.75) is 4.90 Å². The van der Waals surface area contributed by atoms with E-state index in [0.29, 0.717) is 34.4 Å². The second-order valence-electron chi connectivity index (χ2n) is 5.54. The molecule has 1 aliphatic heterocycles. The third-order valence-corrected chi connectivity index (χ3v) is 5.26. The summed E-state index contributed by atoms with van der Waals surface area (Å²) in [5, 5.41) is 3.17. The van der Waals surface area contributed by atoms with Crippen molar-refractivity contribution in [1.82, 2.24) is 4.98 Å². The number of benzene rings is 2. The van der Waals surface area contributed by atoms with Gasteiger partial charge in [0, 0.05) is 6.20 Å². The molecule has 0 aliphatic carbocycles. The molecule has 1 aromatic heterocycles. The van der Waals surface area contributed by atoms with Crippen molar-refractivity contribution in [1.29, 1.82) is 0 Å². The average Bonchev–Trinajstić information content (AvgIpc) is 2.66. The van der Waals surface area contributed by atoms with E-state index < -0.39 is 10.0 Å². The number of methoxy groups -OCH3 is 1. The maximum absolute atomic E-state index is 12.7. The molecule has 3 aromatic rings. The van der Waals surface area contributed by atoms with Crippen molar-refractivity contribution in [3.63, 3.8) is 0 Å². The van der Waals surface area contributed by atoms with Crippen molar-refractivity contribution >= 4 is 27.1 Å². The van der Waals surface area contributed by atoms with Gasteiger partial charge >= 0.3 is 0 Å². The number of nitrogens with zero attached hydrogens (tertiary/aromatic N) is 1. The number of para-hydroxylation sites is 1. The number of fused-ring (bicyclic) bond motifs is 2. The van der Waals surface area contributed by atoms with Gasteiger partial charge in [-0.25, -0.2) is 13.4 Å². The lowest BCUT2D eigenvalue weighted by Gasteiger charge is -2.23. The molecule has 0 saturated heterocycles. The first kappa shape index (κ1) is 16.2. The molecule has 0 amide bonds. The first-order valence-corrected chi connectivity index (χ1v) is 9.25. The molecule has 0 bridgehead atoms. The number of sulfonamides is 1. The Morgan fingerprint density at radius 3 is 2.65 bits per heavy atom. The monoisotopic (exact) mass is 369 g/mol. The number of hydrogen-bond donors (Lipinski definition) is 2. The Bertz CT molecular complexity index is 1070. The summed E-state index contributed by atoms with van der Waals surface area (Å²) in [5.74, 6) is 1.52. The van der Waals surface area contributed by atoms with E-state index in [4.69, 9.17) is 9.47 Å². The van der Waals surface area contributed by atoms with Gasteiger partial charge in [-0.05, 0) is 48.5 Å². The predicted molar refractivity (Wildman–Crippen MR) is 97.8 cm³/mol. The first-order valence-electron chi connectivity index (χ1n) is 7.76. The van der Waals surface area contributed by atoms with E-state index in [9.17, 15) is 8.42 Å². The van der Waals surface area contributed by atoms with Crippen LogP contribution in [0.3, 0.4) is 0 Å². The van der Waals surface area contributed by atoms with Gasteiger partial charge in [0.15, 0.2) is 5.75 Å². The molecule has 4 rings (SSSR count). The molecule has 0 saturated carbocycles. The summed E-state index contributed by atoms with van der Waals surface area (Å²) in [4.78, 5) is 4.29. The Morgan fingerprint density at radius 2 is 1.88 bits per heavy atom. The molecule has 26 heavy (non-hydrogen) atoms. The topological polar surface area (TPSA) is 89.6 Å². The standard InChI is InChI=1S/C18H15N3O4S/c1-24-12-7-9-13(10-8-12)26(22,23)21-14-4-2-6-16-17(14)20-15-5-3-11-19-18(15)25-16/h2-11,20-21H,1H3. The van der Waals surface area contributed by atoms with Crippen molar-refractivity contribution < 1.29 is 17.9 Å². The van der Waals surface area contributed by atoms with Crippen LogP contribution in [0, 0.1) is 0 Å². The summed E-state index contributed by atoms with van der Waals surface area (Å²) in [7, 11) is -2.24. The number of nitrogens with one attached hydrogen (secondary N) is 2. The van der Waals surface area contributed by atoms with Crippen LogP contribution >= 0.6 is 0 Å². The average molecular weight is 369 g/mol. The highest BCUT2D eigenvalue weighted by Gasteiger charge is 2.23. The summed E-state index contributed by atoms with van der Waals surface area (Å²) < 4.78 is 38.8. The quantitative estimate of drug-likeness (QED) is 0.570. The molecular weight excluding hydrogens is 354 g/mol. The van der Waals surface area contributed by atoms with Crippen LogP contribution in [0.5, 0.6) is 17.4 Å². The zero-order valence-corrected chi connectivity index (χ0v) is 14.6. The summed E-state index contributed by atoms with van der Waals surface area (Å²) in [6, 6.07) is 14.9. The third-order valence-electron chi connectivity index (χ3n) is 3.88. The van der Waals surface area contributed by atoms with E-state index in [2.05, 4.69) is 15.0 Å². The maximum Gasteiger partial charge on any atom is 0.261 e. The number of anilines is 3. The molecule has 0 radical (unpaired) electrons. The minimum Gasteiger partial charge on any atom is -0.497 e. The van der Waals surface area contributed by atoms with Crippen LogP contribution in [0.1, 0.15) is 0 Å². The van der Waals surface area contributed by atoms with Crippen molar-refractivity contribution in [2.24, 2.45) is 0 Å². The lowest BCUT2D eigenvalue weighted by Crippen LogP contribution is -2.15. The summed E-state index contributed by atoms with van der Waals surface area (Å²) in [5.41, 5.74) is 1.58. The SMILES string of the molecule is COc1ccc(S(=O)(=O)Nc2cccc3c2Nc2cccnc2O3)cc1. The van der Waals surface area contributed by atoms with E-state index in [1.54, 1.807) is 48.7 Å². The number of rotatable bonds is 4. The van der Waals surface area contributed by atoms with Gasteiger partial charge < -0.3 is 14.8 Å². The van der Waals surface area contributed by atoms with Crippen molar-refractivity contribution in [2.75, 3.05) is 17.1 Å². The number of ether oxygens (including phenoxy) is 2. The van der Waals surface area contributed by atoms with Crippen LogP contribution < -0.4 is 19.5 Å². The van der Waals surface area contributed by atoms with Crippen LogP contribution in [-0.2, 0) is 10.0 Å². The molecule has 0 fully saturated rings. The molecule has 132 valence electrons. The van der Waals surface area contributed by atoms with E-state index in [-0.39, 0.29) is 4.90 Å². The molecular formula is C18H15N3O4S. The zero-order chi connectivity index (χ0) is 18.1. The van der Waals surface area contributed by atoms with E-state index >= 15 is 0 Å². The van der Waals surface area contributed by atoms with Crippen LogP contribution in [0.15, 0.2) is 65.7 Å². The Morgan fingerprint density at radius 1 is 1.08 bits per heavy atom. The Labute approximate surface area is 150 Å². The Balaban J connectivity index is 1.67. The van der Waals surface area contributed by atoms with E-state index in [1.807, 2.05) is 0 Å². The van der Waals surface area contributed by atoms with E-state index in [0.717, 1.165) is 0 Å². The number of hydrogen-bond acceptors (Lipinski definition) is 6. The predicted octanol–water partition coefficient (Wildman–Crippen LogP) is 3.74. The lowest BCUT2D eigenvalue weighted by atomic mass is 10.2. The van der Waals surface area contributed by atoms with Crippen LogP contribution in [0.2, 0.25) is 0 Å². The second-order valence-corrected chi connectivity index (χ2v) is 7.23. The third kappa shape index (κ3) is 2.91. The Hall–Kier alpha value is -3.26. The van der Waals surface area contributed by atoms with E-state index in [1.165, 1.54) is 19.2 Å². The van der Waals surface area contributed by atoms with Gasteiger partial charge in [-0.3, -0.25) is 4.72 Å². The highest BCUT2D eigenvalue weighted by Crippen LogP contribution is 2.44. The maximum atomic E-state index is 12.7. The first-order chi connectivity index (χ1) is 12.6. The second kappa shape index (κ2) is 6.23. The van der Waals surface area contributed by atoms with Gasteiger partial charge in [-0.1, -0.05) is 6.07 Å². The van der Waals surface area contributed by atoms with Gasteiger partial charge in [0.2, 0.25) is 5.88 Å². The minimum absolute atomic E-state index is 0.134. The molecule has 2 heterocycles. The zero-order valence-electron chi connectivity index (χ0n) is 13.8. The molecule has 0 unspecified atom stereocenters. The number of aromatic nitrogens is 1. The molecule has 0 atom stereocenters. The summed E-state index contributed by atoms with van der Waals surface area (Å²) in [6.07, 6.45) is 1.63. The molecule has 8 heteroatoms. The fraction of sp³-hybridized carbons (Fsp3) is 0.0556. The summed E-state index contributed by atoms with van der Waals surface area (Å²) in [6.45, 7) is 0. The fourth-order valence-corrected chi connectivity index (χ4v) is 3.67. The lowest BCUT2D eigenvalue weighted by molar-refractivity contribution is 0.414. The van der Waals surface area contributed by atoms with Crippen molar-refractivity contribution in [3.8, 4) is 17.4 Å². The van der Waals surface area contributed by atoms with Crippen molar-refractivity contribution in [3.05, 3.63) is 60.8 Å². The fourth-order valence-electron chi connectivity index (χ4n) is 2.59. The highest BCUT2D eigenvalue weighted by molar-refractivity contribution is 7.92. The summed E-state index contributed by atoms with van der Waals surface area (Å²) >= 11 is 0. The van der Waals surface area contributed by atoms with Crippen LogP contribution in [-0.4, -0.2) is 20.5 Å².